The number of hydrogen-bond acceptors (Lipinski definition) is 7. The molecule has 2 aliphatic heterocycles. The predicted molar refractivity (Wildman–Crippen MR) is 114 cm³/mol. The number of ether oxygens (including phenoxy) is 1. The van der Waals surface area contributed by atoms with Gasteiger partial charge in [-0.3, -0.25) is 4.79 Å². The van der Waals surface area contributed by atoms with Crippen LogP contribution in [0.25, 0.3) is 0 Å². The summed E-state index contributed by atoms with van der Waals surface area (Å²) in [5, 5.41) is 2.91. The van der Waals surface area contributed by atoms with E-state index < -0.39 is 0 Å². The first-order chi connectivity index (χ1) is 14.1. The summed E-state index contributed by atoms with van der Waals surface area (Å²) in [4.78, 5) is 28.8. The van der Waals surface area contributed by atoms with Gasteiger partial charge in [-0.1, -0.05) is 12.1 Å². The second-order valence-corrected chi connectivity index (χ2v) is 7.56. The van der Waals surface area contributed by atoms with Crippen molar-refractivity contribution in [1.82, 2.24) is 14.9 Å². The van der Waals surface area contributed by atoms with Gasteiger partial charge in [-0.05, 0) is 37.7 Å². The highest BCUT2D eigenvalue weighted by atomic mass is 16.5. The molecular formula is C21H28N6O2. The second kappa shape index (κ2) is 8.75. The standard InChI is InChI=1S/C21H28N6O2/c1-16-6-7-18(23-20(16)27-10-8-25(2)9-11-27)24-21(28)17-4-3-5-19(22-17)26-12-14-29-15-13-26/h3-7H,8-15H2,1-2H3,(H,23,24,28). The average Bonchev–Trinajstić information content (AvgIpc) is 2.76. The maximum atomic E-state index is 12.8. The molecule has 2 fully saturated rings. The Morgan fingerprint density at radius 2 is 1.72 bits per heavy atom. The van der Waals surface area contributed by atoms with Crippen molar-refractivity contribution in [2.24, 2.45) is 0 Å². The maximum absolute atomic E-state index is 12.8. The van der Waals surface area contributed by atoms with Crippen molar-refractivity contribution in [3.05, 3.63) is 41.6 Å². The van der Waals surface area contributed by atoms with E-state index in [0.717, 1.165) is 56.5 Å². The Labute approximate surface area is 171 Å². The summed E-state index contributed by atoms with van der Waals surface area (Å²) in [5.41, 5.74) is 1.50. The molecule has 2 saturated heterocycles. The smallest absolute Gasteiger partial charge is 0.275 e. The number of hydrogen-bond donors (Lipinski definition) is 1. The fraction of sp³-hybridized carbons (Fsp3) is 0.476. The van der Waals surface area contributed by atoms with Gasteiger partial charge in [0.15, 0.2) is 0 Å². The van der Waals surface area contributed by atoms with Crippen LogP contribution in [-0.2, 0) is 4.74 Å². The molecular weight excluding hydrogens is 368 g/mol. The summed E-state index contributed by atoms with van der Waals surface area (Å²) in [6.45, 7) is 8.88. The van der Waals surface area contributed by atoms with E-state index in [-0.39, 0.29) is 5.91 Å². The zero-order chi connectivity index (χ0) is 20.2. The van der Waals surface area contributed by atoms with Crippen molar-refractivity contribution in [2.45, 2.75) is 6.92 Å². The third-order valence-electron chi connectivity index (χ3n) is 5.42. The number of nitrogens with one attached hydrogen (secondary N) is 1. The van der Waals surface area contributed by atoms with Crippen LogP contribution in [0.2, 0.25) is 0 Å². The summed E-state index contributed by atoms with van der Waals surface area (Å²) < 4.78 is 5.39. The number of aromatic nitrogens is 2. The van der Waals surface area contributed by atoms with Crippen LogP contribution in [0.15, 0.2) is 30.3 Å². The Kier molecular flexibility index (Phi) is 5.92. The van der Waals surface area contributed by atoms with Crippen LogP contribution in [-0.4, -0.2) is 80.3 Å². The van der Waals surface area contributed by atoms with E-state index in [2.05, 4.69) is 39.0 Å². The molecule has 0 saturated carbocycles. The number of rotatable bonds is 4. The molecule has 0 aromatic carbocycles. The fourth-order valence-electron chi connectivity index (χ4n) is 3.62. The minimum atomic E-state index is -0.249. The van der Waals surface area contributed by atoms with Gasteiger partial charge in [-0.25, -0.2) is 9.97 Å². The minimum Gasteiger partial charge on any atom is -0.378 e. The molecule has 2 aromatic rings. The quantitative estimate of drug-likeness (QED) is 0.842. The molecule has 1 N–H and O–H groups in total. The number of amides is 1. The van der Waals surface area contributed by atoms with E-state index in [1.54, 1.807) is 6.07 Å². The minimum absolute atomic E-state index is 0.249. The lowest BCUT2D eigenvalue weighted by molar-refractivity contribution is 0.102. The SMILES string of the molecule is Cc1ccc(NC(=O)c2cccc(N3CCOCC3)n2)nc1N1CCN(C)CC1. The van der Waals surface area contributed by atoms with Crippen molar-refractivity contribution in [3.63, 3.8) is 0 Å². The van der Waals surface area contributed by atoms with E-state index in [4.69, 9.17) is 9.72 Å². The van der Waals surface area contributed by atoms with Gasteiger partial charge in [-0.15, -0.1) is 0 Å². The third kappa shape index (κ3) is 4.65. The number of likely N-dealkylation sites (N-methyl/N-ethyl adjacent to an activating group) is 1. The van der Waals surface area contributed by atoms with Crippen molar-refractivity contribution in [3.8, 4) is 0 Å². The van der Waals surface area contributed by atoms with Crippen LogP contribution in [0.5, 0.6) is 0 Å². The topological polar surface area (TPSA) is 73.8 Å². The van der Waals surface area contributed by atoms with E-state index in [1.165, 1.54) is 0 Å². The van der Waals surface area contributed by atoms with Crippen LogP contribution < -0.4 is 15.1 Å². The van der Waals surface area contributed by atoms with E-state index in [0.29, 0.717) is 24.7 Å². The highest BCUT2D eigenvalue weighted by molar-refractivity contribution is 6.02. The van der Waals surface area contributed by atoms with Gasteiger partial charge < -0.3 is 24.8 Å². The molecule has 2 aliphatic rings. The van der Waals surface area contributed by atoms with E-state index >= 15 is 0 Å². The predicted octanol–water partition coefficient (Wildman–Crippen LogP) is 1.63. The molecule has 1 amide bonds. The van der Waals surface area contributed by atoms with Gasteiger partial charge in [0.25, 0.3) is 5.91 Å². The van der Waals surface area contributed by atoms with E-state index in [9.17, 15) is 4.79 Å². The van der Waals surface area contributed by atoms with E-state index in [1.807, 2.05) is 24.3 Å². The van der Waals surface area contributed by atoms with Crippen molar-refractivity contribution in [1.29, 1.82) is 0 Å². The first-order valence-electron chi connectivity index (χ1n) is 10.1. The number of aryl methyl sites for hydroxylation is 1. The van der Waals surface area contributed by atoms with Crippen LogP contribution in [0.1, 0.15) is 16.1 Å². The number of carbonyl (C=O) groups excluding carboxylic acids is 1. The lowest BCUT2D eigenvalue weighted by Gasteiger charge is -2.34. The highest BCUT2D eigenvalue weighted by Crippen LogP contribution is 2.22. The lowest BCUT2D eigenvalue weighted by atomic mass is 10.2. The van der Waals surface area contributed by atoms with Gasteiger partial charge in [0.05, 0.1) is 13.2 Å². The van der Waals surface area contributed by atoms with Crippen LogP contribution >= 0.6 is 0 Å². The van der Waals surface area contributed by atoms with Gasteiger partial charge in [0.2, 0.25) is 0 Å². The summed E-state index contributed by atoms with van der Waals surface area (Å²) in [5.74, 6) is 2.04. The molecule has 4 rings (SSSR count). The van der Waals surface area contributed by atoms with Gasteiger partial charge in [-0.2, -0.15) is 0 Å². The lowest BCUT2D eigenvalue weighted by Crippen LogP contribution is -2.45. The molecule has 0 bridgehead atoms. The highest BCUT2D eigenvalue weighted by Gasteiger charge is 2.19. The number of pyridine rings is 2. The molecule has 0 radical (unpaired) electrons. The summed E-state index contributed by atoms with van der Waals surface area (Å²) >= 11 is 0. The number of nitrogens with zero attached hydrogens (tertiary/aromatic N) is 5. The molecule has 0 unspecified atom stereocenters. The number of carbonyl (C=O) groups is 1. The van der Waals surface area contributed by atoms with Gasteiger partial charge in [0, 0.05) is 39.3 Å². The molecule has 2 aromatic heterocycles. The Hall–Kier alpha value is -2.71. The fourth-order valence-corrected chi connectivity index (χ4v) is 3.62. The molecule has 4 heterocycles. The maximum Gasteiger partial charge on any atom is 0.275 e. The van der Waals surface area contributed by atoms with Crippen LogP contribution in [0, 0.1) is 6.92 Å². The zero-order valence-electron chi connectivity index (χ0n) is 17.1. The van der Waals surface area contributed by atoms with Crippen LogP contribution in [0.3, 0.4) is 0 Å². The Bertz CT molecular complexity index is 860. The Morgan fingerprint density at radius 3 is 2.48 bits per heavy atom. The summed E-state index contributed by atoms with van der Waals surface area (Å²) in [6, 6.07) is 9.38. The van der Waals surface area contributed by atoms with Crippen molar-refractivity contribution >= 4 is 23.4 Å². The number of morpholine rings is 1. The molecule has 0 aliphatic carbocycles. The normalized spacial score (nSPS) is 18.0. The van der Waals surface area contributed by atoms with Crippen molar-refractivity contribution < 1.29 is 9.53 Å². The zero-order valence-corrected chi connectivity index (χ0v) is 17.1. The second-order valence-electron chi connectivity index (χ2n) is 7.56. The molecule has 8 nitrogen and oxygen atoms in total. The molecule has 0 atom stereocenters. The van der Waals surface area contributed by atoms with Gasteiger partial charge in [0.1, 0.15) is 23.1 Å². The summed E-state index contributed by atoms with van der Waals surface area (Å²) in [6.07, 6.45) is 0. The number of piperazine rings is 1. The third-order valence-corrected chi connectivity index (χ3v) is 5.42. The van der Waals surface area contributed by atoms with Crippen LogP contribution in [0.4, 0.5) is 17.5 Å². The first kappa shape index (κ1) is 19.6. The Balaban J connectivity index is 1.48. The molecule has 154 valence electrons. The average molecular weight is 396 g/mol. The van der Waals surface area contributed by atoms with Crippen molar-refractivity contribution in [2.75, 3.05) is 74.6 Å². The molecule has 8 heteroatoms. The largest absolute Gasteiger partial charge is 0.378 e. The molecule has 0 spiro atoms. The molecule has 29 heavy (non-hydrogen) atoms. The van der Waals surface area contributed by atoms with Gasteiger partial charge >= 0.3 is 0 Å². The first-order valence-corrected chi connectivity index (χ1v) is 10.1. The Morgan fingerprint density at radius 1 is 0.966 bits per heavy atom. The number of anilines is 3. The summed E-state index contributed by atoms with van der Waals surface area (Å²) in [7, 11) is 2.13. The monoisotopic (exact) mass is 396 g/mol.